The van der Waals surface area contributed by atoms with Crippen LogP contribution in [0.3, 0.4) is 0 Å². The van der Waals surface area contributed by atoms with Gasteiger partial charge in [0.05, 0.1) is 18.9 Å². The van der Waals surface area contributed by atoms with Gasteiger partial charge in [0, 0.05) is 36.2 Å². The maximum absolute atomic E-state index is 10.8. The van der Waals surface area contributed by atoms with Crippen LogP contribution in [0.25, 0.3) is 11.3 Å². The predicted octanol–water partition coefficient (Wildman–Crippen LogP) is 3.18. The fraction of sp³-hybridized carbons (Fsp3) is 0.190. The second kappa shape index (κ2) is 8.57. The SMILES string of the molecule is NC(=O)Oc1ccc(-c2ccnc(Nc3ccc(N4CCOCC4)cc3)n2)cc1. The summed E-state index contributed by atoms with van der Waals surface area (Å²) in [6, 6.07) is 16.9. The highest BCUT2D eigenvalue weighted by atomic mass is 16.5. The minimum atomic E-state index is -0.842. The van der Waals surface area contributed by atoms with Crippen LogP contribution >= 0.6 is 0 Å². The predicted molar refractivity (Wildman–Crippen MR) is 110 cm³/mol. The second-order valence-electron chi connectivity index (χ2n) is 6.48. The van der Waals surface area contributed by atoms with Crippen LogP contribution in [0.2, 0.25) is 0 Å². The monoisotopic (exact) mass is 391 g/mol. The molecule has 148 valence electrons. The molecule has 1 fully saturated rings. The van der Waals surface area contributed by atoms with Crippen LogP contribution in [0.1, 0.15) is 0 Å². The number of rotatable bonds is 5. The van der Waals surface area contributed by atoms with E-state index in [0.29, 0.717) is 11.7 Å². The number of primary amides is 1. The summed E-state index contributed by atoms with van der Waals surface area (Å²) >= 11 is 0. The van der Waals surface area contributed by atoms with E-state index in [1.54, 1.807) is 18.3 Å². The van der Waals surface area contributed by atoms with Crippen LogP contribution in [0.15, 0.2) is 60.8 Å². The summed E-state index contributed by atoms with van der Waals surface area (Å²) in [5.41, 5.74) is 8.72. The molecule has 0 bridgehead atoms. The summed E-state index contributed by atoms with van der Waals surface area (Å²) in [6.07, 6.45) is 0.853. The molecule has 0 radical (unpaired) electrons. The third-order valence-electron chi connectivity index (χ3n) is 4.52. The summed E-state index contributed by atoms with van der Waals surface area (Å²) in [5, 5.41) is 3.23. The average molecular weight is 391 g/mol. The third-order valence-corrected chi connectivity index (χ3v) is 4.52. The highest BCUT2D eigenvalue weighted by Gasteiger charge is 2.11. The molecule has 8 nitrogen and oxygen atoms in total. The molecule has 1 aliphatic rings. The number of hydrogen-bond acceptors (Lipinski definition) is 7. The summed E-state index contributed by atoms with van der Waals surface area (Å²) in [6.45, 7) is 3.33. The molecule has 29 heavy (non-hydrogen) atoms. The largest absolute Gasteiger partial charge is 0.411 e. The van der Waals surface area contributed by atoms with Crippen molar-refractivity contribution in [1.29, 1.82) is 0 Å². The minimum absolute atomic E-state index is 0.383. The zero-order valence-corrected chi connectivity index (χ0v) is 15.7. The van der Waals surface area contributed by atoms with Gasteiger partial charge in [-0.1, -0.05) is 0 Å². The van der Waals surface area contributed by atoms with E-state index in [1.165, 1.54) is 5.69 Å². The third kappa shape index (κ3) is 4.80. The maximum Gasteiger partial charge on any atom is 0.409 e. The van der Waals surface area contributed by atoms with Crippen LogP contribution < -0.4 is 20.7 Å². The molecule has 0 unspecified atom stereocenters. The van der Waals surface area contributed by atoms with Crippen molar-refractivity contribution in [2.45, 2.75) is 0 Å². The van der Waals surface area contributed by atoms with Crippen molar-refractivity contribution in [3.8, 4) is 17.0 Å². The lowest BCUT2D eigenvalue weighted by Gasteiger charge is -2.28. The first-order chi connectivity index (χ1) is 14.2. The molecule has 1 amide bonds. The van der Waals surface area contributed by atoms with Gasteiger partial charge in [-0.25, -0.2) is 14.8 Å². The Bertz CT molecular complexity index is 970. The number of nitrogens with zero attached hydrogens (tertiary/aromatic N) is 3. The van der Waals surface area contributed by atoms with Crippen molar-refractivity contribution in [2.75, 3.05) is 36.5 Å². The van der Waals surface area contributed by atoms with Crippen molar-refractivity contribution < 1.29 is 14.3 Å². The second-order valence-corrected chi connectivity index (χ2v) is 6.48. The van der Waals surface area contributed by atoms with E-state index in [1.807, 2.05) is 30.3 Å². The first-order valence-electron chi connectivity index (χ1n) is 9.28. The normalized spacial score (nSPS) is 13.7. The first-order valence-corrected chi connectivity index (χ1v) is 9.28. The highest BCUT2D eigenvalue weighted by molar-refractivity contribution is 5.69. The molecule has 0 aliphatic carbocycles. The molecule has 8 heteroatoms. The zero-order chi connectivity index (χ0) is 20.1. The Kier molecular flexibility index (Phi) is 5.53. The maximum atomic E-state index is 10.8. The topological polar surface area (TPSA) is 103 Å². The van der Waals surface area contributed by atoms with Gasteiger partial charge in [0.15, 0.2) is 0 Å². The van der Waals surface area contributed by atoms with Crippen LogP contribution in [-0.4, -0.2) is 42.4 Å². The van der Waals surface area contributed by atoms with Crippen molar-refractivity contribution >= 4 is 23.4 Å². The summed E-state index contributed by atoms with van der Waals surface area (Å²) in [7, 11) is 0. The van der Waals surface area contributed by atoms with Crippen molar-refractivity contribution in [1.82, 2.24) is 9.97 Å². The number of carbonyl (C=O) groups excluding carboxylic acids is 1. The molecule has 1 aromatic heterocycles. The van der Waals surface area contributed by atoms with Gasteiger partial charge in [-0.15, -0.1) is 0 Å². The van der Waals surface area contributed by atoms with Gasteiger partial charge < -0.3 is 25.4 Å². The first kappa shape index (κ1) is 18.7. The van der Waals surface area contributed by atoms with E-state index in [9.17, 15) is 4.79 Å². The molecule has 0 spiro atoms. The van der Waals surface area contributed by atoms with Crippen molar-refractivity contribution in [3.05, 3.63) is 60.8 Å². The van der Waals surface area contributed by atoms with E-state index < -0.39 is 6.09 Å². The molecule has 1 saturated heterocycles. The molecule has 3 N–H and O–H groups in total. The van der Waals surface area contributed by atoms with Crippen LogP contribution in [0, 0.1) is 0 Å². The Balaban J connectivity index is 1.45. The Morgan fingerprint density at radius 3 is 2.45 bits per heavy atom. The number of nitrogens with one attached hydrogen (secondary N) is 1. The van der Waals surface area contributed by atoms with Gasteiger partial charge >= 0.3 is 6.09 Å². The summed E-state index contributed by atoms with van der Waals surface area (Å²) < 4.78 is 10.2. The number of anilines is 3. The molecule has 1 aliphatic heterocycles. The van der Waals surface area contributed by atoms with Crippen LogP contribution in [0.4, 0.5) is 22.1 Å². The minimum Gasteiger partial charge on any atom is -0.411 e. The van der Waals surface area contributed by atoms with Crippen molar-refractivity contribution in [3.63, 3.8) is 0 Å². The van der Waals surface area contributed by atoms with E-state index >= 15 is 0 Å². The van der Waals surface area contributed by atoms with Gasteiger partial charge in [-0.3, -0.25) is 0 Å². The average Bonchev–Trinajstić information content (AvgIpc) is 2.75. The number of amides is 1. The molecule has 0 atom stereocenters. The molecular weight excluding hydrogens is 370 g/mol. The van der Waals surface area contributed by atoms with E-state index in [-0.39, 0.29) is 0 Å². The Labute approximate surface area is 168 Å². The molecule has 2 aromatic carbocycles. The van der Waals surface area contributed by atoms with Gasteiger partial charge in [0.25, 0.3) is 0 Å². The standard InChI is InChI=1S/C21H21N5O3/c22-20(27)29-18-7-1-15(2-8-18)19-9-10-23-21(25-19)24-16-3-5-17(6-4-16)26-11-13-28-14-12-26/h1-10H,11-14H2,(H2,22,27)(H,23,24,25). The quantitative estimate of drug-likeness (QED) is 0.688. The Hall–Kier alpha value is -3.65. The smallest absolute Gasteiger partial charge is 0.409 e. The fourth-order valence-corrected chi connectivity index (χ4v) is 3.10. The zero-order valence-electron chi connectivity index (χ0n) is 15.7. The van der Waals surface area contributed by atoms with E-state index in [2.05, 4.69) is 32.3 Å². The van der Waals surface area contributed by atoms with Gasteiger partial charge in [0.1, 0.15) is 5.75 Å². The molecule has 0 saturated carbocycles. The number of morpholine rings is 1. The molecule has 4 rings (SSSR count). The summed E-state index contributed by atoms with van der Waals surface area (Å²) in [5.74, 6) is 0.882. The summed E-state index contributed by atoms with van der Waals surface area (Å²) in [4.78, 5) is 22.0. The number of nitrogens with two attached hydrogens (primary N) is 1. The molecular formula is C21H21N5O3. The number of aromatic nitrogens is 2. The molecule has 2 heterocycles. The lowest BCUT2D eigenvalue weighted by atomic mass is 10.1. The lowest BCUT2D eigenvalue weighted by molar-refractivity contribution is 0.122. The van der Waals surface area contributed by atoms with E-state index in [4.69, 9.17) is 15.2 Å². The fourth-order valence-electron chi connectivity index (χ4n) is 3.10. The van der Waals surface area contributed by atoms with Crippen molar-refractivity contribution in [2.24, 2.45) is 5.73 Å². The number of benzene rings is 2. The van der Waals surface area contributed by atoms with Gasteiger partial charge in [-0.2, -0.15) is 0 Å². The van der Waals surface area contributed by atoms with Crippen LogP contribution in [0.5, 0.6) is 5.75 Å². The number of ether oxygens (including phenoxy) is 2. The lowest BCUT2D eigenvalue weighted by Crippen LogP contribution is -2.36. The van der Waals surface area contributed by atoms with E-state index in [0.717, 1.165) is 43.2 Å². The van der Waals surface area contributed by atoms with Crippen LogP contribution in [-0.2, 0) is 4.74 Å². The molecule has 3 aromatic rings. The number of carbonyl (C=O) groups is 1. The van der Waals surface area contributed by atoms with Gasteiger partial charge in [0.2, 0.25) is 5.95 Å². The van der Waals surface area contributed by atoms with Gasteiger partial charge in [-0.05, 0) is 54.6 Å². The number of hydrogen-bond donors (Lipinski definition) is 2. The highest BCUT2D eigenvalue weighted by Crippen LogP contribution is 2.24. The Morgan fingerprint density at radius 2 is 1.76 bits per heavy atom. The Morgan fingerprint density at radius 1 is 1.03 bits per heavy atom.